The molecule has 0 saturated carbocycles. The van der Waals surface area contributed by atoms with Gasteiger partial charge in [0.05, 0.1) is 17.6 Å². The Morgan fingerprint density at radius 3 is 2.90 bits per heavy atom. The smallest absolute Gasteiger partial charge is 0.138 e. The van der Waals surface area contributed by atoms with E-state index in [2.05, 4.69) is 52.4 Å². The first kappa shape index (κ1) is 14.7. The van der Waals surface area contributed by atoms with E-state index in [0.29, 0.717) is 18.2 Å². The van der Waals surface area contributed by atoms with Gasteiger partial charge in [0.1, 0.15) is 17.0 Å². The third kappa shape index (κ3) is 3.33. The molecule has 0 amide bonds. The summed E-state index contributed by atoms with van der Waals surface area (Å²) in [5.41, 5.74) is 0. The second kappa shape index (κ2) is 6.25. The number of nitrogens with one attached hydrogen (secondary N) is 1. The fraction of sp³-hybridized carbons (Fsp3) is 0.600. The third-order valence-corrected chi connectivity index (χ3v) is 4.72. The average Bonchev–Trinajstić information content (AvgIpc) is 2.92. The topological polar surface area (TPSA) is 50.3 Å². The number of fused-ring (bicyclic) bond motifs is 1. The van der Waals surface area contributed by atoms with Gasteiger partial charge in [0.25, 0.3) is 0 Å². The van der Waals surface area contributed by atoms with E-state index in [9.17, 15) is 0 Å². The van der Waals surface area contributed by atoms with Crippen LogP contribution in [0.3, 0.4) is 0 Å². The molecule has 0 spiro atoms. The molecule has 3 atom stereocenters. The lowest BCUT2D eigenvalue weighted by molar-refractivity contribution is -0.0769. The zero-order valence-corrected chi connectivity index (χ0v) is 13.6. The van der Waals surface area contributed by atoms with Crippen LogP contribution in [0, 0.1) is 0 Å². The summed E-state index contributed by atoms with van der Waals surface area (Å²) in [4.78, 5) is 12.2. The fourth-order valence-corrected chi connectivity index (χ4v) is 3.61. The number of aromatic nitrogens is 2. The van der Waals surface area contributed by atoms with E-state index in [1.54, 1.807) is 17.7 Å². The molecule has 5 nitrogen and oxygen atoms in total. The molecule has 0 aromatic carbocycles. The number of hydrogen-bond acceptors (Lipinski definition) is 6. The van der Waals surface area contributed by atoms with Gasteiger partial charge in [-0.25, -0.2) is 9.97 Å². The number of thiophene rings is 1. The molecule has 0 unspecified atom stereocenters. The minimum atomic E-state index is 0.304. The number of morpholine rings is 1. The van der Waals surface area contributed by atoms with Gasteiger partial charge in [-0.05, 0) is 32.2 Å². The summed E-state index contributed by atoms with van der Waals surface area (Å²) < 4.78 is 5.80. The van der Waals surface area contributed by atoms with E-state index in [1.807, 2.05) is 0 Å². The average molecular weight is 306 g/mol. The van der Waals surface area contributed by atoms with Gasteiger partial charge in [0.15, 0.2) is 0 Å². The van der Waals surface area contributed by atoms with Gasteiger partial charge in [-0.1, -0.05) is 0 Å². The molecule has 1 fully saturated rings. The monoisotopic (exact) mass is 306 g/mol. The number of rotatable bonds is 4. The minimum absolute atomic E-state index is 0.304. The molecule has 0 radical (unpaired) electrons. The van der Waals surface area contributed by atoms with Crippen molar-refractivity contribution in [2.24, 2.45) is 0 Å². The molecule has 0 aliphatic carbocycles. The maximum Gasteiger partial charge on any atom is 0.138 e. The van der Waals surface area contributed by atoms with Gasteiger partial charge in [0.2, 0.25) is 0 Å². The van der Waals surface area contributed by atoms with Crippen molar-refractivity contribution >= 4 is 27.4 Å². The Morgan fingerprint density at radius 2 is 2.14 bits per heavy atom. The maximum atomic E-state index is 5.80. The summed E-state index contributed by atoms with van der Waals surface area (Å²) in [6.07, 6.45) is 2.24. The van der Waals surface area contributed by atoms with Crippen LogP contribution in [0.5, 0.6) is 0 Å². The zero-order chi connectivity index (χ0) is 14.8. The SMILES string of the molecule is C[C@@H]1CN([C@@H](C)CNc2ncnc3sccc23)C[C@@H](C)O1. The fourth-order valence-electron chi connectivity index (χ4n) is 2.88. The van der Waals surface area contributed by atoms with Crippen LogP contribution in [0.2, 0.25) is 0 Å². The second-order valence-corrected chi connectivity index (χ2v) is 6.70. The number of anilines is 1. The first-order valence-electron chi connectivity index (χ1n) is 7.45. The quantitative estimate of drug-likeness (QED) is 0.941. The van der Waals surface area contributed by atoms with Crippen LogP contribution >= 0.6 is 11.3 Å². The van der Waals surface area contributed by atoms with Crippen molar-refractivity contribution in [1.82, 2.24) is 14.9 Å². The van der Waals surface area contributed by atoms with Crippen LogP contribution in [0.25, 0.3) is 10.2 Å². The van der Waals surface area contributed by atoms with Gasteiger partial charge in [-0.3, -0.25) is 4.90 Å². The van der Waals surface area contributed by atoms with Crippen LogP contribution in [0.15, 0.2) is 17.8 Å². The normalized spacial score (nSPS) is 25.1. The number of nitrogens with zero attached hydrogens (tertiary/aromatic N) is 3. The van der Waals surface area contributed by atoms with Crippen molar-refractivity contribution in [3.8, 4) is 0 Å². The number of ether oxygens (including phenoxy) is 1. The highest BCUT2D eigenvalue weighted by atomic mass is 32.1. The van der Waals surface area contributed by atoms with Gasteiger partial charge in [0, 0.05) is 25.7 Å². The Labute approximate surface area is 129 Å². The Hall–Kier alpha value is -1.24. The van der Waals surface area contributed by atoms with Crippen LogP contribution in [-0.2, 0) is 4.74 Å². The first-order chi connectivity index (χ1) is 10.1. The molecule has 3 heterocycles. The minimum Gasteiger partial charge on any atom is -0.373 e. The lowest BCUT2D eigenvalue weighted by Gasteiger charge is -2.39. The Kier molecular flexibility index (Phi) is 4.37. The second-order valence-electron chi connectivity index (χ2n) is 5.80. The molecule has 1 aliphatic heterocycles. The van der Waals surface area contributed by atoms with Crippen LogP contribution in [0.1, 0.15) is 20.8 Å². The molecule has 3 rings (SSSR count). The van der Waals surface area contributed by atoms with Crippen LogP contribution in [-0.4, -0.2) is 52.8 Å². The zero-order valence-electron chi connectivity index (χ0n) is 12.7. The maximum absolute atomic E-state index is 5.80. The molecule has 21 heavy (non-hydrogen) atoms. The molecule has 1 N–H and O–H groups in total. The van der Waals surface area contributed by atoms with Crippen molar-refractivity contribution in [3.63, 3.8) is 0 Å². The van der Waals surface area contributed by atoms with E-state index in [1.165, 1.54) is 0 Å². The standard InChI is InChI=1S/C15H22N4OS/c1-10(19-7-11(2)20-12(3)8-19)6-16-14-13-4-5-21-15(13)18-9-17-14/h4-5,9-12H,6-8H2,1-3H3,(H,16,17,18)/t10-,11+,12+/m0/s1. The molecule has 114 valence electrons. The molecular formula is C15H22N4OS. The summed E-state index contributed by atoms with van der Waals surface area (Å²) >= 11 is 1.65. The molecule has 2 aromatic rings. The Morgan fingerprint density at radius 1 is 1.38 bits per heavy atom. The van der Waals surface area contributed by atoms with E-state index >= 15 is 0 Å². The van der Waals surface area contributed by atoms with Gasteiger partial charge < -0.3 is 10.1 Å². The predicted molar refractivity (Wildman–Crippen MR) is 86.9 cm³/mol. The summed E-state index contributed by atoms with van der Waals surface area (Å²) in [6, 6.07) is 2.52. The van der Waals surface area contributed by atoms with Crippen molar-refractivity contribution in [2.45, 2.75) is 39.0 Å². The van der Waals surface area contributed by atoms with Gasteiger partial charge >= 0.3 is 0 Å². The Bertz CT molecular complexity index is 592. The molecule has 1 saturated heterocycles. The van der Waals surface area contributed by atoms with Gasteiger partial charge in [-0.2, -0.15) is 0 Å². The molecular weight excluding hydrogens is 284 g/mol. The van der Waals surface area contributed by atoms with Crippen LogP contribution < -0.4 is 5.32 Å². The lowest BCUT2D eigenvalue weighted by Crippen LogP contribution is -2.51. The van der Waals surface area contributed by atoms with E-state index in [4.69, 9.17) is 4.74 Å². The van der Waals surface area contributed by atoms with E-state index in [0.717, 1.165) is 35.7 Å². The summed E-state index contributed by atoms with van der Waals surface area (Å²) in [6.45, 7) is 9.39. The highest BCUT2D eigenvalue weighted by molar-refractivity contribution is 7.16. The van der Waals surface area contributed by atoms with Crippen molar-refractivity contribution in [1.29, 1.82) is 0 Å². The highest BCUT2D eigenvalue weighted by Crippen LogP contribution is 2.24. The predicted octanol–water partition coefficient (Wildman–Crippen LogP) is 2.60. The molecule has 1 aliphatic rings. The van der Waals surface area contributed by atoms with E-state index < -0.39 is 0 Å². The lowest BCUT2D eigenvalue weighted by atomic mass is 10.1. The van der Waals surface area contributed by atoms with E-state index in [-0.39, 0.29) is 0 Å². The highest BCUT2D eigenvalue weighted by Gasteiger charge is 2.25. The molecule has 2 aromatic heterocycles. The van der Waals surface area contributed by atoms with Crippen LogP contribution in [0.4, 0.5) is 5.82 Å². The largest absolute Gasteiger partial charge is 0.373 e. The van der Waals surface area contributed by atoms with Crippen molar-refractivity contribution in [2.75, 3.05) is 25.0 Å². The summed E-state index contributed by atoms with van der Waals surface area (Å²) in [5.74, 6) is 0.933. The first-order valence-corrected chi connectivity index (χ1v) is 8.33. The van der Waals surface area contributed by atoms with Crippen molar-refractivity contribution < 1.29 is 4.74 Å². The number of hydrogen-bond donors (Lipinski definition) is 1. The Balaban J connectivity index is 1.63. The van der Waals surface area contributed by atoms with Gasteiger partial charge in [-0.15, -0.1) is 11.3 Å². The van der Waals surface area contributed by atoms with Crippen molar-refractivity contribution in [3.05, 3.63) is 17.8 Å². The summed E-state index contributed by atoms with van der Waals surface area (Å²) in [5, 5.41) is 6.64. The summed E-state index contributed by atoms with van der Waals surface area (Å²) in [7, 11) is 0. The molecule has 6 heteroatoms. The molecule has 0 bridgehead atoms. The third-order valence-electron chi connectivity index (χ3n) is 3.90.